The minimum Gasteiger partial charge on any atom is -0.316 e. The maximum absolute atomic E-state index is 10.6. The van der Waals surface area contributed by atoms with Crippen molar-refractivity contribution >= 4 is 11.8 Å². The number of rotatable bonds is 5. The number of benzene rings is 1. The Morgan fingerprint density at radius 3 is 2.88 bits per heavy atom. The monoisotopic (exact) mass is 220 g/mol. The molecule has 0 aromatic heterocycles. The van der Waals surface area contributed by atoms with Crippen molar-refractivity contribution in [3.05, 3.63) is 45.5 Å². The van der Waals surface area contributed by atoms with Gasteiger partial charge in [0.15, 0.2) is 0 Å². The summed E-state index contributed by atoms with van der Waals surface area (Å²) in [4.78, 5) is 10.2. The molecule has 4 nitrogen and oxygen atoms in total. The number of non-ortho nitro benzene ring substituents is 1. The van der Waals surface area contributed by atoms with Crippen LogP contribution in [0.2, 0.25) is 0 Å². The summed E-state index contributed by atoms with van der Waals surface area (Å²) in [5.41, 5.74) is 2.23. The summed E-state index contributed by atoms with van der Waals surface area (Å²) in [5.74, 6) is 0. The van der Waals surface area contributed by atoms with Gasteiger partial charge < -0.3 is 5.32 Å². The van der Waals surface area contributed by atoms with Crippen molar-refractivity contribution in [2.45, 2.75) is 13.3 Å². The Bertz CT molecular complexity index is 400. The Balaban J connectivity index is 2.95. The van der Waals surface area contributed by atoms with Gasteiger partial charge in [-0.3, -0.25) is 10.1 Å². The van der Waals surface area contributed by atoms with Crippen molar-refractivity contribution in [1.29, 1.82) is 0 Å². The van der Waals surface area contributed by atoms with Crippen LogP contribution in [0.1, 0.15) is 18.9 Å². The van der Waals surface area contributed by atoms with E-state index in [2.05, 4.69) is 12.2 Å². The number of nitro benzene ring substituents is 1. The number of nitro groups is 1. The van der Waals surface area contributed by atoms with Crippen LogP contribution >= 0.6 is 0 Å². The molecular formula is C12H16N2O2. The van der Waals surface area contributed by atoms with Crippen LogP contribution in [-0.4, -0.2) is 18.5 Å². The van der Waals surface area contributed by atoms with Crippen LogP contribution in [0.15, 0.2) is 29.8 Å². The second-order valence-electron chi connectivity index (χ2n) is 3.54. The second-order valence-corrected chi connectivity index (χ2v) is 3.54. The summed E-state index contributed by atoms with van der Waals surface area (Å²) in [6, 6.07) is 6.67. The maximum Gasteiger partial charge on any atom is 0.270 e. The normalized spacial score (nSPS) is 11.5. The molecule has 4 heteroatoms. The molecular weight excluding hydrogens is 204 g/mol. The van der Waals surface area contributed by atoms with Crippen molar-refractivity contribution in [2.75, 3.05) is 13.6 Å². The Morgan fingerprint density at radius 2 is 2.31 bits per heavy atom. The third-order valence-electron chi connectivity index (χ3n) is 2.31. The van der Waals surface area contributed by atoms with E-state index in [9.17, 15) is 10.1 Å². The number of nitrogens with zero attached hydrogens (tertiary/aromatic N) is 1. The molecule has 0 aliphatic heterocycles. The van der Waals surface area contributed by atoms with Gasteiger partial charge in [0.25, 0.3) is 5.69 Å². The minimum atomic E-state index is -0.374. The van der Waals surface area contributed by atoms with Crippen molar-refractivity contribution < 1.29 is 4.92 Å². The number of hydrogen-bond acceptors (Lipinski definition) is 3. The van der Waals surface area contributed by atoms with Gasteiger partial charge in [0.1, 0.15) is 0 Å². The third-order valence-corrected chi connectivity index (χ3v) is 2.31. The lowest BCUT2D eigenvalue weighted by Crippen LogP contribution is -2.09. The highest BCUT2D eigenvalue weighted by Crippen LogP contribution is 2.16. The van der Waals surface area contributed by atoms with Crippen LogP contribution in [0.3, 0.4) is 0 Å². The van der Waals surface area contributed by atoms with Crippen LogP contribution in [0, 0.1) is 10.1 Å². The molecule has 0 fully saturated rings. The first-order valence-electron chi connectivity index (χ1n) is 5.26. The highest BCUT2D eigenvalue weighted by molar-refractivity contribution is 5.56. The summed E-state index contributed by atoms with van der Waals surface area (Å²) in [6.07, 6.45) is 2.92. The van der Waals surface area contributed by atoms with E-state index in [0.29, 0.717) is 0 Å². The van der Waals surface area contributed by atoms with Crippen molar-refractivity contribution in [3.63, 3.8) is 0 Å². The molecule has 0 saturated carbocycles. The zero-order valence-corrected chi connectivity index (χ0v) is 9.56. The predicted molar refractivity (Wildman–Crippen MR) is 65.3 cm³/mol. The minimum absolute atomic E-state index is 0.133. The van der Waals surface area contributed by atoms with Gasteiger partial charge in [-0.05, 0) is 19.0 Å². The van der Waals surface area contributed by atoms with E-state index in [-0.39, 0.29) is 10.6 Å². The molecule has 86 valence electrons. The van der Waals surface area contributed by atoms with Crippen LogP contribution in [0.5, 0.6) is 0 Å². The summed E-state index contributed by atoms with van der Waals surface area (Å²) in [7, 11) is 1.89. The van der Waals surface area contributed by atoms with E-state index in [1.165, 1.54) is 11.6 Å². The average Bonchev–Trinajstić information content (AvgIpc) is 2.29. The van der Waals surface area contributed by atoms with Gasteiger partial charge in [0.05, 0.1) is 4.92 Å². The largest absolute Gasteiger partial charge is 0.316 e. The molecule has 0 heterocycles. The summed E-state index contributed by atoms with van der Waals surface area (Å²) in [5, 5.41) is 13.7. The fourth-order valence-corrected chi connectivity index (χ4v) is 1.47. The highest BCUT2D eigenvalue weighted by Gasteiger charge is 2.04. The average molecular weight is 220 g/mol. The molecule has 1 aromatic rings. The van der Waals surface area contributed by atoms with E-state index in [0.717, 1.165) is 18.5 Å². The first-order valence-corrected chi connectivity index (χ1v) is 5.26. The van der Waals surface area contributed by atoms with Gasteiger partial charge >= 0.3 is 0 Å². The molecule has 0 radical (unpaired) electrons. The SMILES string of the molecule is CCC(=Cc1cccc([N+](=O)[O-])c1)CNC. The van der Waals surface area contributed by atoms with Crippen molar-refractivity contribution in [3.8, 4) is 0 Å². The molecule has 0 spiro atoms. The van der Waals surface area contributed by atoms with Gasteiger partial charge in [-0.2, -0.15) is 0 Å². The predicted octanol–water partition coefficient (Wildman–Crippen LogP) is 2.61. The molecule has 0 unspecified atom stereocenters. The van der Waals surface area contributed by atoms with E-state index in [1.54, 1.807) is 12.1 Å². The lowest BCUT2D eigenvalue weighted by atomic mass is 10.1. The Hall–Kier alpha value is -1.68. The molecule has 0 atom stereocenters. The van der Waals surface area contributed by atoms with Crippen LogP contribution < -0.4 is 5.32 Å². The smallest absolute Gasteiger partial charge is 0.270 e. The molecule has 1 aromatic carbocycles. The van der Waals surface area contributed by atoms with Crippen LogP contribution in [-0.2, 0) is 0 Å². The topological polar surface area (TPSA) is 55.2 Å². The highest BCUT2D eigenvalue weighted by atomic mass is 16.6. The fraction of sp³-hybridized carbons (Fsp3) is 0.333. The first-order chi connectivity index (χ1) is 7.67. The Morgan fingerprint density at radius 1 is 1.56 bits per heavy atom. The van der Waals surface area contributed by atoms with E-state index >= 15 is 0 Å². The van der Waals surface area contributed by atoms with Gasteiger partial charge in [0, 0.05) is 18.7 Å². The second kappa shape index (κ2) is 6.02. The number of nitrogens with one attached hydrogen (secondary N) is 1. The molecule has 0 aliphatic carbocycles. The quantitative estimate of drug-likeness (QED) is 0.613. The van der Waals surface area contributed by atoms with Gasteiger partial charge in [-0.15, -0.1) is 0 Å². The Kier molecular flexibility index (Phi) is 4.66. The van der Waals surface area contributed by atoms with Gasteiger partial charge in [-0.1, -0.05) is 30.7 Å². The van der Waals surface area contributed by atoms with Crippen LogP contribution in [0.25, 0.3) is 6.08 Å². The third kappa shape index (κ3) is 3.47. The van der Waals surface area contributed by atoms with E-state index in [1.807, 2.05) is 19.2 Å². The standard InChI is InChI=1S/C12H16N2O2/c1-3-10(9-13-2)7-11-5-4-6-12(8-11)14(15)16/h4-8,13H,3,9H2,1-2H3. The molecule has 0 saturated heterocycles. The lowest BCUT2D eigenvalue weighted by Gasteiger charge is -2.03. The molecule has 0 bridgehead atoms. The number of likely N-dealkylation sites (N-methyl/N-ethyl adjacent to an activating group) is 1. The molecule has 0 aliphatic rings. The maximum atomic E-state index is 10.6. The lowest BCUT2D eigenvalue weighted by molar-refractivity contribution is -0.384. The van der Waals surface area contributed by atoms with Crippen molar-refractivity contribution in [1.82, 2.24) is 5.32 Å². The van der Waals surface area contributed by atoms with E-state index < -0.39 is 0 Å². The molecule has 1 rings (SSSR count). The zero-order chi connectivity index (χ0) is 12.0. The van der Waals surface area contributed by atoms with Gasteiger partial charge in [0.2, 0.25) is 0 Å². The van der Waals surface area contributed by atoms with E-state index in [4.69, 9.17) is 0 Å². The number of hydrogen-bond donors (Lipinski definition) is 1. The molecule has 16 heavy (non-hydrogen) atoms. The summed E-state index contributed by atoms with van der Waals surface area (Å²) in [6.45, 7) is 2.87. The van der Waals surface area contributed by atoms with Crippen LogP contribution in [0.4, 0.5) is 5.69 Å². The summed E-state index contributed by atoms with van der Waals surface area (Å²) < 4.78 is 0. The van der Waals surface area contributed by atoms with Gasteiger partial charge in [-0.25, -0.2) is 0 Å². The van der Waals surface area contributed by atoms with Crippen molar-refractivity contribution in [2.24, 2.45) is 0 Å². The zero-order valence-electron chi connectivity index (χ0n) is 9.56. The fourth-order valence-electron chi connectivity index (χ4n) is 1.47. The Labute approximate surface area is 95.1 Å². The summed E-state index contributed by atoms with van der Waals surface area (Å²) >= 11 is 0. The molecule has 1 N–H and O–H groups in total. The first kappa shape index (κ1) is 12.4. The molecule has 0 amide bonds.